The topological polar surface area (TPSA) is 66.9 Å². The summed E-state index contributed by atoms with van der Waals surface area (Å²) in [4.78, 5) is 16.0. The summed E-state index contributed by atoms with van der Waals surface area (Å²) in [7, 11) is 0. The smallest absolute Gasteiger partial charge is 0.188 e. The average Bonchev–Trinajstić information content (AvgIpc) is 2.77. The third-order valence-electron chi connectivity index (χ3n) is 2.31. The van der Waals surface area contributed by atoms with E-state index in [0.29, 0.717) is 15.8 Å². The van der Waals surface area contributed by atoms with Gasteiger partial charge in [-0.25, -0.2) is 0 Å². The fourth-order valence-corrected chi connectivity index (χ4v) is 1.90. The fourth-order valence-electron chi connectivity index (χ4n) is 1.47. The lowest BCUT2D eigenvalue weighted by Crippen LogP contribution is -2.10. The molecule has 0 aromatic carbocycles. The third-order valence-corrected chi connectivity index (χ3v) is 2.93. The van der Waals surface area contributed by atoms with Crippen LogP contribution < -0.4 is 0 Å². The molecule has 2 rings (SSSR count). The van der Waals surface area contributed by atoms with Gasteiger partial charge in [0.1, 0.15) is 5.92 Å². The van der Waals surface area contributed by atoms with Crippen LogP contribution in [0.15, 0.2) is 45.9 Å². The average molecular weight is 291 g/mol. The van der Waals surface area contributed by atoms with Gasteiger partial charge >= 0.3 is 0 Å². The zero-order valence-corrected chi connectivity index (χ0v) is 10.2. The quantitative estimate of drug-likeness (QED) is 0.815. The van der Waals surface area contributed by atoms with Crippen LogP contribution in [-0.2, 0) is 0 Å². The van der Waals surface area contributed by atoms with Crippen molar-refractivity contribution >= 4 is 21.7 Å². The van der Waals surface area contributed by atoms with Crippen molar-refractivity contribution in [2.24, 2.45) is 0 Å². The number of carbonyl (C=O) groups excluding carboxylic acids is 1. The zero-order chi connectivity index (χ0) is 12.3. The van der Waals surface area contributed by atoms with E-state index >= 15 is 0 Å². The highest BCUT2D eigenvalue weighted by molar-refractivity contribution is 9.10. The Bertz CT molecular complexity index is 572. The molecular weight excluding hydrogens is 284 g/mol. The van der Waals surface area contributed by atoms with Crippen LogP contribution in [0.4, 0.5) is 0 Å². The maximum absolute atomic E-state index is 12.1. The molecule has 0 saturated heterocycles. The molecule has 0 fully saturated rings. The van der Waals surface area contributed by atoms with Gasteiger partial charge < -0.3 is 4.42 Å². The zero-order valence-electron chi connectivity index (χ0n) is 8.63. The van der Waals surface area contributed by atoms with Crippen LogP contribution in [0.3, 0.4) is 0 Å². The first kappa shape index (κ1) is 11.6. The summed E-state index contributed by atoms with van der Waals surface area (Å²) in [6.07, 6.45) is 4.51. The van der Waals surface area contributed by atoms with Crippen molar-refractivity contribution in [3.63, 3.8) is 0 Å². The minimum Gasteiger partial charge on any atom is -0.457 e. The number of aromatic nitrogens is 1. The molecule has 17 heavy (non-hydrogen) atoms. The number of Topliss-reactive ketones (excluding diaryl/α,β-unsaturated/α-hetero) is 1. The van der Waals surface area contributed by atoms with Gasteiger partial charge in [0.25, 0.3) is 0 Å². The second kappa shape index (κ2) is 4.93. The predicted molar refractivity (Wildman–Crippen MR) is 63.3 cm³/mol. The van der Waals surface area contributed by atoms with Gasteiger partial charge in [-0.2, -0.15) is 5.26 Å². The van der Waals surface area contributed by atoms with Crippen molar-refractivity contribution in [2.45, 2.75) is 5.92 Å². The van der Waals surface area contributed by atoms with Crippen molar-refractivity contribution in [3.8, 4) is 6.07 Å². The monoisotopic (exact) mass is 290 g/mol. The van der Waals surface area contributed by atoms with Gasteiger partial charge in [0.2, 0.25) is 0 Å². The van der Waals surface area contributed by atoms with Gasteiger partial charge in [-0.05, 0) is 39.7 Å². The normalized spacial score (nSPS) is 11.8. The number of hydrogen-bond donors (Lipinski definition) is 0. The first-order chi connectivity index (χ1) is 8.24. The van der Waals surface area contributed by atoms with E-state index in [1.165, 1.54) is 12.3 Å². The molecule has 0 bridgehead atoms. The van der Waals surface area contributed by atoms with Crippen molar-refractivity contribution in [1.82, 2.24) is 4.98 Å². The highest BCUT2D eigenvalue weighted by Gasteiger charge is 2.24. The molecule has 1 unspecified atom stereocenters. The van der Waals surface area contributed by atoms with Gasteiger partial charge in [0, 0.05) is 12.4 Å². The van der Waals surface area contributed by atoms with E-state index in [-0.39, 0.29) is 5.78 Å². The summed E-state index contributed by atoms with van der Waals surface area (Å²) in [5, 5.41) is 9.10. The first-order valence-corrected chi connectivity index (χ1v) is 5.60. The lowest BCUT2D eigenvalue weighted by molar-refractivity contribution is 0.0977. The number of nitriles is 1. The first-order valence-electron chi connectivity index (χ1n) is 4.80. The summed E-state index contributed by atoms with van der Waals surface area (Å²) in [6, 6.07) is 6.84. The van der Waals surface area contributed by atoms with Gasteiger partial charge in [-0.15, -0.1) is 0 Å². The molecular formula is C12H7BrN2O2. The van der Waals surface area contributed by atoms with Gasteiger partial charge in [0.05, 0.1) is 17.9 Å². The molecule has 2 aromatic heterocycles. The molecule has 0 aliphatic rings. The molecule has 0 N–H and O–H groups in total. The van der Waals surface area contributed by atoms with Crippen LogP contribution in [0.5, 0.6) is 0 Å². The van der Waals surface area contributed by atoms with Crippen LogP contribution in [0, 0.1) is 11.3 Å². The highest BCUT2D eigenvalue weighted by atomic mass is 79.9. The number of furan rings is 1. The number of carbonyl (C=O) groups is 1. The van der Waals surface area contributed by atoms with E-state index in [2.05, 4.69) is 20.9 Å². The SMILES string of the molecule is N#CC(C(=O)c1ccoc1Br)c1ccncc1. The third kappa shape index (κ3) is 2.27. The van der Waals surface area contributed by atoms with Crippen molar-refractivity contribution in [2.75, 3.05) is 0 Å². The molecule has 84 valence electrons. The molecule has 0 saturated carbocycles. The number of halogens is 1. The van der Waals surface area contributed by atoms with Crippen LogP contribution >= 0.6 is 15.9 Å². The Morgan fingerprint density at radius 2 is 2.12 bits per heavy atom. The highest BCUT2D eigenvalue weighted by Crippen LogP contribution is 2.25. The Morgan fingerprint density at radius 1 is 1.41 bits per heavy atom. The Morgan fingerprint density at radius 3 is 2.65 bits per heavy atom. The summed E-state index contributed by atoms with van der Waals surface area (Å²) in [5.74, 6) is -1.13. The van der Waals surface area contributed by atoms with Gasteiger partial charge in [0.15, 0.2) is 10.5 Å². The summed E-state index contributed by atoms with van der Waals surface area (Å²) < 4.78 is 5.33. The standard InChI is InChI=1S/C12H7BrN2O2/c13-12-9(3-6-17-12)11(16)10(7-14)8-1-4-15-5-2-8/h1-6,10H. The Labute approximate surface area is 106 Å². The number of pyridine rings is 1. The van der Waals surface area contributed by atoms with Crippen LogP contribution in [0.25, 0.3) is 0 Å². The molecule has 0 spiro atoms. The molecule has 5 heteroatoms. The van der Waals surface area contributed by atoms with Crippen LogP contribution in [0.1, 0.15) is 21.8 Å². The van der Waals surface area contributed by atoms with Crippen molar-refractivity contribution in [1.29, 1.82) is 5.26 Å². The second-order valence-electron chi connectivity index (χ2n) is 3.31. The summed E-state index contributed by atoms with van der Waals surface area (Å²) in [5.41, 5.74) is 0.994. The predicted octanol–water partition coefficient (Wildman–Crippen LogP) is 2.93. The second-order valence-corrected chi connectivity index (χ2v) is 4.04. The lowest BCUT2D eigenvalue weighted by Gasteiger charge is -2.06. The van der Waals surface area contributed by atoms with E-state index < -0.39 is 5.92 Å². The summed E-state index contributed by atoms with van der Waals surface area (Å²) in [6.45, 7) is 0. The minimum absolute atomic E-state index is 0.292. The van der Waals surface area contributed by atoms with E-state index in [0.717, 1.165) is 0 Å². The van der Waals surface area contributed by atoms with E-state index in [1.54, 1.807) is 24.5 Å². The maximum atomic E-state index is 12.1. The molecule has 0 amide bonds. The molecule has 2 heterocycles. The van der Waals surface area contributed by atoms with Crippen LogP contribution in [-0.4, -0.2) is 10.8 Å². The van der Waals surface area contributed by atoms with Crippen LogP contribution in [0.2, 0.25) is 0 Å². The minimum atomic E-state index is -0.841. The molecule has 4 nitrogen and oxygen atoms in total. The molecule has 0 radical (unpaired) electrons. The van der Waals surface area contributed by atoms with E-state index in [1.807, 2.05) is 6.07 Å². The Balaban J connectivity index is 2.36. The largest absolute Gasteiger partial charge is 0.457 e. The number of ketones is 1. The molecule has 0 aliphatic heterocycles. The van der Waals surface area contributed by atoms with Crippen molar-refractivity contribution in [3.05, 3.63) is 52.7 Å². The fraction of sp³-hybridized carbons (Fsp3) is 0.0833. The summed E-state index contributed by atoms with van der Waals surface area (Å²) >= 11 is 3.13. The molecule has 0 aliphatic carbocycles. The molecule has 2 aromatic rings. The van der Waals surface area contributed by atoms with Gasteiger partial charge in [-0.1, -0.05) is 0 Å². The Hall–Kier alpha value is -1.93. The molecule has 1 atom stereocenters. The Kier molecular flexibility index (Phi) is 3.35. The lowest BCUT2D eigenvalue weighted by atomic mass is 9.94. The number of hydrogen-bond acceptors (Lipinski definition) is 4. The van der Waals surface area contributed by atoms with E-state index in [4.69, 9.17) is 9.68 Å². The maximum Gasteiger partial charge on any atom is 0.188 e. The van der Waals surface area contributed by atoms with E-state index in [9.17, 15) is 4.79 Å². The van der Waals surface area contributed by atoms with Gasteiger partial charge in [-0.3, -0.25) is 9.78 Å². The number of nitrogens with zero attached hydrogens (tertiary/aromatic N) is 2. The number of rotatable bonds is 3. The van der Waals surface area contributed by atoms with Crippen molar-refractivity contribution < 1.29 is 9.21 Å².